The number of carbonyl (C=O) groups excluding carboxylic acids is 1. The molecule has 5 aromatic rings. The molecule has 1 amide bonds. The summed E-state index contributed by atoms with van der Waals surface area (Å²) in [5.74, 6) is -1.02. The van der Waals surface area contributed by atoms with E-state index in [4.69, 9.17) is 16.2 Å². The fourth-order valence-corrected chi connectivity index (χ4v) is 5.29. The predicted molar refractivity (Wildman–Crippen MR) is 145 cm³/mol. The number of rotatable bonds is 5. The number of hydrogen-bond acceptors (Lipinski definition) is 6. The van der Waals surface area contributed by atoms with E-state index in [9.17, 15) is 9.59 Å². The van der Waals surface area contributed by atoms with Gasteiger partial charge in [-0.1, -0.05) is 30.3 Å². The van der Waals surface area contributed by atoms with E-state index in [1.807, 2.05) is 12.1 Å². The van der Waals surface area contributed by atoms with Crippen LogP contribution in [-0.2, 0) is 4.74 Å². The van der Waals surface area contributed by atoms with E-state index in [0.717, 1.165) is 18.5 Å². The first kappa shape index (κ1) is 24.5. The summed E-state index contributed by atoms with van der Waals surface area (Å²) in [5.41, 5.74) is 14.5. The maximum absolute atomic E-state index is 15.8. The number of nitrogens with zero attached hydrogens (tertiary/aromatic N) is 4. The summed E-state index contributed by atoms with van der Waals surface area (Å²) in [6.45, 7) is 1.28. The molecule has 0 unspecified atom stereocenters. The van der Waals surface area contributed by atoms with Gasteiger partial charge in [0.1, 0.15) is 23.2 Å². The van der Waals surface area contributed by atoms with Gasteiger partial charge in [-0.15, -0.1) is 0 Å². The zero-order chi connectivity index (χ0) is 27.1. The number of nitrogen functional groups attached to an aromatic ring is 1. The van der Waals surface area contributed by atoms with Crippen LogP contribution in [0.5, 0.6) is 0 Å². The predicted octanol–water partition coefficient (Wildman–Crippen LogP) is 3.93. The second-order valence-electron chi connectivity index (χ2n) is 9.45. The highest BCUT2D eigenvalue weighted by molar-refractivity contribution is 6.00. The second kappa shape index (κ2) is 9.80. The molecular formula is C29H25FN6O3. The van der Waals surface area contributed by atoms with E-state index in [2.05, 4.69) is 10.1 Å². The Morgan fingerprint density at radius 1 is 1.00 bits per heavy atom. The molecule has 0 aliphatic carbocycles. The van der Waals surface area contributed by atoms with E-state index in [1.54, 1.807) is 53.2 Å². The van der Waals surface area contributed by atoms with Crippen molar-refractivity contribution in [2.75, 3.05) is 18.9 Å². The minimum absolute atomic E-state index is 0.186. The molecule has 1 fully saturated rings. The number of halogens is 1. The van der Waals surface area contributed by atoms with E-state index in [1.165, 1.54) is 17.0 Å². The lowest BCUT2D eigenvalue weighted by Crippen LogP contribution is -2.29. The second-order valence-corrected chi connectivity index (χ2v) is 9.45. The Bertz CT molecular complexity index is 1770. The highest BCUT2D eigenvalue weighted by Crippen LogP contribution is 2.38. The lowest BCUT2D eigenvalue weighted by molar-refractivity contribution is 0.0841. The van der Waals surface area contributed by atoms with Crippen LogP contribution in [0, 0.1) is 5.82 Å². The number of anilines is 1. The van der Waals surface area contributed by atoms with E-state index in [-0.39, 0.29) is 22.9 Å². The van der Waals surface area contributed by atoms with Gasteiger partial charge in [-0.05, 0) is 48.7 Å². The monoisotopic (exact) mass is 524 g/mol. The third-order valence-corrected chi connectivity index (χ3v) is 7.19. The summed E-state index contributed by atoms with van der Waals surface area (Å²) < 4.78 is 24.4. The van der Waals surface area contributed by atoms with Gasteiger partial charge < -0.3 is 16.2 Å². The molecule has 0 spiro atoms. The van der Waals surface area contributed by atoms with Crippen LogP contribution in [0.4, 0.5) is 10.2 Å². The quantitative estimate of drug-likeness (QED) is 0.358. The van der Waals surface area contributed by atoms with Gasteiger partial charge in [0.15, 0.2) is 5.82 Å². The Balaban J connectivity index is 1.47. The molecule has 0 bridgehead atoms. The molecular weight excluding hydrogens is 499 g/mol. The molecule has 4 heterocycles. The van der Waals surface area contributed by atoms with E-state index in [0.29, 0.717) is 41.1 Å². The fraction of sp³-hybridized carbons (Fsp3) is 0.172. The molecule has 3 aromatic heterocycles. The Hall–Kier alpha value is -4.83. The van der Waals surface area contributed by atoms with Gasteiger partial charge in [-0.3, -0.25) is 14.2 Å². The summed E-state index contributed by atoms with van der Waals surface area (Å²) in [7, 11) is 0. The number of para-hydroxylation sites is 1. The van der Waals surface area contributed by atoms with Gasteiger partial charge in [-0.2, -0.15) is 5.10 Å². The number of primary amides is 1. The van der Waals surface area contributed by atoms with Gasteiger partial charge >= 0.3 is 0 Å². The number of fused-ring (bicyclic) bond motifs is 1. The van der Waals surface area contributed by atoms with Crippen molar-refractivity contribution in [1.29, 1.82) is 0 Å². The van der Waals surface area contributed by atoms with Crippen molar-refractivity contribution in [1.82, 2.24) is 19.2 Å². The molecule has 1 saturated heterocycles. The van der Waals surface area contributed by atoms with Crippen molar-refractivity contribution in [2.24, 2.45) is 5.73 Å². The number of amides is 1. The lowest BCUT2D eigenvalue weighted by Gasteiger charge is -2.21. The molecule has 39 heavy (non-hydrogen) atoms. The van der Waals surface area contributed by atoms with Crippen molar-refractivity contribution in [3.8, 4) is 27.9 Å². The average molecular weight is 525 g/mol. The standard InChI is InChI=1S/C29H25FN6O3/c30-23-14-18(20-8-11-35(19-4-2-1-3-5-19)29(38)25(20)28(32)37)6-7-21(23)22-15-24(17-9-12-39-13-10-17)36-26(22)27(31)33-16-34-36/h1-8,11,14-17H,9-10,12-13H2,(H2,32,37)(H2,31,33,34). The summed E-state index contributed by atoms with van der Waals surface area (Å²) in [4.78, 5) is 29.8. The van der Waals surface area contributed by atoms with Gasteiger partial charge in [0, 0.05) is 53.4 Å². The van der Waals surface area contributed by atoms with Crippen molar-refractivity contribution >= 4 is 17.2 Å². The first-order valence-corrected chi connectivity index (χ1v) is 12.5. The normalized spacial score (nSPS) is 14.1. The van der Waals surface area contributed by atoms with Crippen molar-refractivity contribution < 1.29 is 13.9 Å². The summed E-state index contributed by atoms with van der Waals surface area (Å²) >= 11 is 0. The SMILES string of the molecule is NC(=O)c1c(-c2ccc(-c3cc(C4CCOCC4)n4ncnc(N)c34)c(F)c2)ccn(-c2ccccc2)c1=O. The summed E-state index contributed by atoms with van der Waals surface area (Å²) in [6.07, 6.45) is 4.57. The zero-order valence-electron chi connectivity index (χ0n) is 20.9. The van der Waals surface area contributed by atoms with Gasteiger partial charge in [0.05, 0.1) is 0 Å². The lowest BCUT2D eigenvalue weighted by atomic mass is 9.94. The highest BCUT2D eigenvalue weighted by atomic mass is 19.1. The Labute approximate surface area is 222 Å². The topological polar surface area (TPSA) is 131 Å². The van der Waals surface area contributed by atoms with Crippen LogP contribution < -0.4 is 17.0 Å². The van der Waals surface area contributed by atoms with Crippen LogP contribution in [0.3, 0.4) is 0 Å². The van der Waals surface area contributed by atoms with Gasteiger partial charge in [-0.25, -0.2) is 13.9 Å². The molecule has 0 atom stereocenters. The summed E-state index contributed by atoms with van der Waals surface area (Å²) in [6, 6.07) is 16.9. The number of pyridine rings is 1. The number of carbonyl (C=O) groups is 1. The van der Waals surface area contributed by atoms with E-state index >= 15 is 4.39 Å². The molecule has 6 rings (SSSR count). The molecule has 1 aliphatic rings. The third kappa shape index (κ3) is 4.24. The first-order chi connectivity index (χ1) is 18.9. The van der Waals surface area contributed by atoms with Crippen molar-refractivity contribution in [2.45, 2.75) is 18.8 Å². The van der Waals surface area contributed by atoms with Crippen LogP contribution >= 0.6 is 0 Å². The van der Waals surface area contributed by atoms with Crippen molar-refractivity contribution in [3.05, 3.63) is 101 Å². The average Bonchev–Trinajstić information content (AvgIpc) is 3.34. The number of nitrogens with two attached hydrogens (primary N) is 2. The maximum Gasteiger partial charge on any atom is 0.268 e. The third-order valence-electron chi connectivity index (χ3n) is 7.19. The maximum atomic E-state index is 15.8. The smallest absolute Gasteiger partial charge is 0.268 e. The Kier molecular flexibility index (Phi) is 6.16. The number of ether oxygens (including phenoxy) is 1. The van der Waals surface area contributed by atoms with Crippen LogP contribution in [0.15, 0.2) is 78.0 Å². The largest absolute Gasteiger partial charge is 0.382 e. The number of benzene rings is 2. The molecule has 0 saturated carbocycles. The molecule has 4 N–H and O–H groups in total. The molecule has 0 radical (unpaired) electrons. The number of aromatic nitrogens is 4. The fourth-order valence-electron chi connectivity index (χ4n) is 5.29. The summed E-state index contributed by atoms with van der Waals surface area (Å²) in [5, 5.41) is 4.41. The Morgan fingerprint density at radius 2 is 1.77 bits per heavy atom. The van der Waals surface area contributed by atoms with Crippen molar-refractivity contribution in [3.63, 3.8) is 0 Å². The first-order valence-electron chi connectivity index (χ1n) is 12.5. The molecule has 2 aromatic carbocycles. The minimum atomic E-state index is -0.894. The Morgan fingerprint density at radius 3 is 2.49 bits per heavy atom. The van der Waals surface area contributed by atoms with Gasteiger partial charge in [0.25, 0.3) is 11.5 Å². The van der Waals surface area contributed by atoms with E-state index < -0.39 is 17.3 Å². The molecule has 196 valence electrons. The molecule has 9 nitrogen and oxygen atoms in total. The highest BCUT2D eigenvalue weighted by Gasteiger charge is 2.25. The zero-order valence-corrected chi connectivity index (χ0v) is 20.9. The van der Waals surface area contributed by atoms with Crippen LogP contribution in [0.2, 0.25) is 0 Å². The molecule has 1 aliphatic heterocycles. The minimum Gasteiger partial charge on any atom is -0.382 e. The van der Waals surface area contributed by atoms with Crippen LogP contribution in [-0.4, -0.2) is 38.3 Å². The number of hydrogen-bond donors (Lipinski definition) is 2. The van der Waals surface area contributed by atoms with Crippen LogP contribution in [0.1, 0.15) is 34.8 Å². The van der Waals surface area contributed by atoms with Crippen LogP contribution in [0.25, 0.3) is 33.5 Å². The van der Waals surface area contributed by atoms with Gasteiger partial charge in [0.2, 0.25) is 0 Å². The molecule has 10 heteroatoms.